The van der Waals surface area contributed by atoms with Crippen LogP contribution in [0.1, 0.15) is 266 Å². The second-order valence-electron chi connectivity index (χ2n) is 18.9. The molecule has 0 heterocycles. The second-order valence-corrected chi connectivity index (χ2v) is 18.9. The zero-order chi connectivity index (χ0) is 44.3. The molecule has 0 spiro atoms. The van der Waals surface area contributed by atoms with E-state index in [4.69, 9.17) is 14.2 Å². The molecule has 0 aliphatic rings. The first kappa shape index (κ1) is 58.4. The summed E-state index contributed by atoms with van der Waals surface area (Å²) in [7, 11) is 2.13. The molecule has 7 heteroatoms. The predicted octanol–water partition coefficient (Wildman–Crippen LogP) is 15.5. The van der Waals surface area contributed by atoms with E-state index in [2.05, 4.69) is 53.5 Å². The topological polar surface area (TPSA) is 82.1 Å². The summed E-state index contributed by atoms with van der Waals surface area (Å²) in [4.78, 5) is 40.6. The lowest BCUT2D eigenvalue weighted by molar-refractivity contribution is -0.149. The van der Waals surface area contributed by atoms with Crippen LogP contribution in [0.25, 0.3) is 0 Å². The molecule has 0 aromatic carbocycles. The predicted molar refractivity (Wildman–Crippen MR) is 255 cm³/mol. The Morgan fingerprint density at radius 2 is 0.717 bits per heavy atom. The van der Waals surface area contributed by atoms with Gasteiger partial charge in [-0.05, 0) is 90.5 Å². The first-order chi connectivity index (χ1) is 29.2. The van der Waals surface area contributed by atoms with Crippen molar-refractivity contribution in [1.29, 1.82) is 0 Å². The molecule has 0 bridgehead atoms. The maximum absolute atomic E-state index is 13.2. The molecule has 0 aromatic rings. The minimum atomic E-state index is 0.00426. The molecule has 0 saturated heterocycles. The van der Waals surface area contributed by atoms with E-state index in [9.17, 15) is 14.4 Å². The third-order valence-electron chi connectivity index (χ3n) is 12.8. The number of carbonyl (C=O) groups is 3. The highest BCUT2D eigenvalue weighted by atomic mass is 16.5. The molecular formula is C53H103NO6. The van der Waals surface area contributed by atoms with Gasteiger partial charge in [-0.15, -0.1) is 0 Å². The van der Waals surface area contributed by atoms with Crippen LogP contribution in [-0.4, -0.2) is 62.3 Å². The summed E-state index contributed by atoms with van der Waals surface area (Å²) in [5.41, 5.74) is 0. The van der Waals surface area contributed by atoms with Crippen LogP contribution >= 0.6 is 0 Å². The van der Waals surface area contributed by atoms with Crippen LogP contribution in [0.15, 0.2) is 0 Å². The molecule has 0 unspecified atom stereocenters. The first-order valence-corrected chi connectivity index (χ1v) is 26.4. The van der Waals surface area contributed by atoms with Gasteiger partial charge in [0.25, 0.3) is 0 Å². The van der Waals surface area contributed by atoms with Crippen molar-refractivity contribution in [3.63, 3.8) is 0 Å². The van der Waals surface area contributed by atoms with E-state index in [1.165, 1.54) is 116 Å². The number of rotatable bonds is 46. The maximum atomic E-state index is 13.2. The highest BCUT2D eigenvalue weighted by Gasteiger charge is 2.20. The largest absolute Gasteiger partial charge is 0.466 e. The number of carbonyl (C=O) groups excluding carboxylic acids is 3. The number of unbranched alkanes of at least 4 members (excludes halogenated alkanes) is 20. The molecule has 0 amide bonds. The Balaban J connectivity index is 4.37. The molecular weight excluding hydrogens is 747 g/mol. The fraction of sp³-hybridized carbons (Fsp3) is 0.943. The van der Waals surface area contributed by atoms with Gasteiger partial charge in [-0.25, -0.2) is 0 Å². The fourth-order valence-corrected chi connectivity index (χ4v) is 8.39. The molecule has 0 aliphatic heterocycles. The minimum Gasteiger partial charge on any atom is -0.466 e. The monoisotopic (exact) mass is 850 g/mol. The minimum absolute atomic E-state index is 0.00426. The van der Waals surface area contributed by atoms with Gasteiger partial charge in [0.05, 0.1) is 25.7 Å². The van der Waals surface area contributed by atoms with Crippen LogP contribution in [-0.2, 0) is 28.6 Å². The van der Waals surface area contributed by atoms with Crippen LogP contribution in [0, 0.1) is 17.8 Å². The highest BCUT2D eigenvalue weighted by molar-refractivity contribution is 5.72. The zero-order valence-corrected chi connectivity index (χ0v) is 41.3. The summed E-state index contributed by atoms with van der Waals surface area (Å²) < 4.78 is 17.1. The zero-order valence-electron chi connectivity index (χ0n) is 41.3. The van der Waals surface area contributed by atoms with Crippen molar-refractivity contribution in [2.75, 3.05) is 33.4 Å². The van der Waals surface area contributed by atoms with E-state index in [0.29, 0.717) is 50.5 Å². The van der Waals surface area contributed by atoms with Crippen molar-refractivity contribution < 1.29 is 28.6 Å². The van der Waals surface area contributed by atoms with Gasteiger partial charge < -0.3 is 19.1 Å². The van der Waals surface area contributed by atoms with Crippen molar-refractivity contribution in [3.05, 3.63) is 0 Å². The highest BCUT2D eigenvalue weighted by Crippen LogP contribution is 2.24. The summed E-state index contributed by atoms with van der Waals surface area (Å²) in [6.07, 6.45) is 39.1. The van der Waals surface area contributed by atoms with E-state index in [1.807, 2.05) is 0 Å². The number of esters is 3. The molecule has 0 aliphatic carbocycles. The van der Waals surface area contributed by atoms with Gasteiger partial charge in [0.2, 0.25) is 0 Å². The van der Waals surface area contributed by atoms with Crippen LogP contribution in [0.2, 0.25) is 0 Å². The standard InChI is InChI=1S/C53H103NO6/c1-8-12-26-35-48(36-27-13-9-2)45-51(55)58-42-32-24-20-16-18-22-30-39-50(53(57)60-44-34-41-54(7)47(5)6)40-31-23-19-17-21-25-33-43-59-52(56)46-49(37-28-14-10-3)38-29-15-11-4/h47-50H,8-46H2,1-7H3. The number of hydrogen-bond acceptors (Lipinski definition) is 7. The van der Waals surface area contributed by atoms with E-state index in [0.717, 1.165) is 103 Å². The van der Waals surface area contributed by atoms with Crippen LogP contribution in [0.5, 0.6) is 0 Å². The lowest BCUT2D eigenvalue weighted by atomic mass is 9.92. The van der Waals surface area contributed by atoms with Crippen molar-refractivity contribution >= 4 is 17.9 Å². The quantitative estimate of drug-likeness (QED) is 0.0343. The fourth-order valence-electron chi connectivity index (χ4n) is 8.39. The van der Waals surface area contributed by atoms with Crippen LogP contribution < -0.4 is 0 Å². The van der Waals surface area contributed by atoms with Crippen molar-refractivity contribution in [2.24, 2.45) is 17.8 Å². The smallest absolute Gasteiger partial charge is 0.308 e. The summed E-state index contributed by atoms with van der Waals surface area (Å²) in [5, 5.41) is 0. The van der Waals surface area contributed by atoms with Gasteiger partial charge in [-0.1, -0.05) is 182 Å². The van der Waals surface area contributed by atoms with Gasteiger partial charge >= 0.3 is 17.9 Å². The summed E-state index contributed by atoms with van der Waals surface area (Å²) >= 11 is 0. The van der Waals surface area contributed by atoms with Gasteiger partial charge in [0, 0.05) is 25.4 Å². The Bertz CT molecular complexity index is 878. The molecule has 0 radical (unpaired) electrons. The van der Waals surface area contributed by atoms with E-state index in [-0.39, 0.29) is 23.8 Å². The third kappa shape index (κ3) is 38.1. The van der Waals surface area contributed by atoms with E-state index in [1.54, 1.807) is 0 Å². The summed E-state index contributed by atoms with van der Waals surface area (Å²) in [6, 6.07) is 0.495. The summed E-state index contributed by atoms with van der Waals surface area (Å²) in [5.74, 6) is 1.00. The molecule has 7 nitrogen and oxygen atoms in total. The normalized spacial score (nSPS) is 11.8. The lowest BCUT2D eigenvalue weighted by Gasteiger charge is -2.21. The number of nitrogens with zero attached hydrogens (tertiary/aromatic N) is 1. The van der Waals surface area contributed by atoms with Gasteiger partial charge in [0.15, 0.2) is 0 Å². The average molecular weight is 850 g/mol. The molecule has 356 valence electrons. The molecule has 0 aromatic heterocycles. The molecule has 0 rings (SSSR count). The molecule has 0 N–H and O–H groups in total. The molecule has 60 heavy (non-hydrogen) atoms. The van der Waals surface area contributed by atoms with Crippen molar-refractivity contribution in [3.8, 4) is 0 Å². The lowest BCUT2D eigenvalue weighted by Crippen LogP contribution is -2.28. The van der Waals surface area contributed by atoms with Gasteiger partial charge in [-0.3, -0.25) is 14.4 Å². The van der Waals surface area contributed by atoms with E-state index >= 15 is 0 Å². The van der Waals surface area contributed by atoms with Crippen molar-refractivity contribution in [1.82, 2.24) is 4.90 Å². The molecule has 0 fully saturated rings. The SMILES string of the molecule is CCCCCC(CCCCC)CC(=O)OCCCCCCCCCC(CCCCCCCCCOC(=O)CC(CCCCC)CCCCC)C(=O)OCCCN(C)C(C)C. The van der Waals surface area contributed by atoms with Crippen LogP contribution in [0.4, 0.5) is 0 Å². The Morgan fingerprint density at radius 3 is 1.07 bits per heavy atom. The second kappa shape index (κ2) is 44.0. The molecule has 0 atom stereocenters. The number of ether oxygens (including phenoxy) is 3. The number of hydrogen-bond donors (Lipinski definition) is 0. The van der Waals surface area contributed by atoms with Crippen molar-refractivity contribution in [2.45, 2.75) is 272 Å². The Kier molecular flexibility index (Phi) is 42.8. The third-order valence-corrected chi connectivity index (χ3v) is 12.8. The molecule has 0 saturated carbocycles. The van der Waals surface area contributed by atoms with Gasteiger partial charge in [-0.2, -0.15) is 0 Å². The first-order valence-electron chi connectivity index (χ1n) is 26.4. The van der Waals surface area contributed by atoms with E-state index < -0.39 is 0 Å². The van der Waals surface area contributed by atoms with Crippen LogP contribution in [0.3, 0.4) is 0 Å². The summed E-state index contributed by atoms with van der Waals surface area (Å²) in [6.45, 7) is 15.9. The Hall–Kier alpha value is -1.63. The maximum Gasteiger partial charge on any atom is 0.308 e. The Morgan fingerprint density at radius 1 is 0.400 bits per heavy atom. The average Bonchev–Trinajstić information content (AvgIpc) is 3.22. The Labute approximate surface area is 373 Å². The van der Waals surface area contributed by atoms with Gasteiger partial charge in [0.1, 0.15) is 0 Å².